The quantitative estimate of drug-likeness (QED) is 0.772. The third-order valence-electron chi connectivity index (χ3n) is 3.14. The average molecular weight is 224 g/mol. The Morgan fingerprint density at radius 3 is 1.41 bits per heavy atom. The van der Waals surface area contributed by atoms with E-state index in [9.17, 15) is 0 Å². The van der Waals surface area contributed by atoms with E-state index in [2.05, 4.69) is 70.7 Å². The summed E-state index contributed by atoms with van der Waals surface area (Å²) < 4.78 is 0. The van der Waals surface area contributed by atoms with Gasteiger partial charge < -0.3 is 0 Å². The average Bonchev–Trinajstić information content (AvgIpc) is 2.90. The van der Waals surface area contributed by atoms with Gasteiger partial charge >= 0.3 is 0 Å². The van der Waals surface area contributed by atoms with Crippen molar-refractivity contribution in [1.29, 1.82) is 0 Å². The molecule has 1 aliphatic rings. The summed E-state index contributed by atoms with van der Waals surface area (Å²) in [4.78, 5) is 0. The van der Waals surface area contributed by atoms with Crippen LogP contribution in [0.5, 0.6) is 0 Å². The van der Waals surface area contributed by atoms with E-state index >= 15 is 0 Å². The fraction of sp³-hybridized carbons (Fsp3) is 0.200. The van der Waals surface area contributed by atoms with Crippen molar-refractivity contribution in [2.24, 2.45) is 0 Å². The molecule has 2 heteroatoms. The molecule has 1 aliphatic heterocycles. The first-order valence-corrected chi connectivity index (χ1v) is 6.10. The number of benzene rings is 2. The molecule has 3 rings (SSSR count). The van der Waals surface area contributed by atoms with Crippen LogP contribution in [0.4, 0.5) is 11.4 Å². The van der Waals surface area contributed by atoms with Crippen LogP contribution in [0.15, 0.2) is 60.7 Å². The van der Waals surface area contributed by atoms with E-state index in [4.69, 9.17) is 0 Å². The molecule has 0 unspecified atom stereocenters. The molecule has 0 amide bonds. The zero-order chi connectivity index (χ0) is 11.5. The maximum atomic E-state index is 2.36. The minimum absolute atomic E-state index is 1.10. The van der Waals surface area contributed by atoms with Gasteiger partial charge in [-0.25, -0.2) is 0 Å². The first-order valence-electron chi connectivity index (χ1n) is 6.10. The minimum Gasteiger partial charge on any atom is -0.285 e. The predicted molar refractivity (Wildman–Crippen MR) is 72.2 cm³/mol. The van der Waals surface area contributed by atoms with Crippen molar-refractivity contribution in [2.45, 2.75) is 6.42 Å². The summed E-state index contributed by atoms with van der Waals surface area (Å²) in [6, 6.07) is 21.2. The van der Waals surface area contributed by atoms with Crippen LogP contribution in [0.25, 0.3) is 0 Å². The van der Waals surface area contributed by atoms with Gasteiger partial charge in [-0.2, -0.15) is 0 Å². The molecule has 17 heavy (non-hydrogen) atoms. The molecule has 2 aromatic carbocycles. The van der Waals surface area contributed by atoms with Crippen molar-refractivity contribution >= 4 is 11.4 Å². The summed E-state index contributed by atoms with van der Waals surface area (Å²) in [7, 11) is 0. The third kappa shape index (κ3) is 1.98. The maximum absolute atomic E-state index is 2.36. The highest BCUT2D eigenvalue weighted by Crippen LogP contribution is 2.26. The fourth-order valence-electron chi connectivity index (χ4n) is 2.35. The van der Waals surface area contributed by atoms with Crippen molar-refractivity contribution in [2.75, 3.05) is 23.1 Å². The van der Waals surface area contributed by atoms with Crippen molar-refractivity contribution in [3.05, 3.63) is 60.7 Å². The monoisotopic (exact) mass is 224 g/mol. The summed E-state index contributed by atoms with van der Waals surface area (Å²) in [5.74, 6) is 0. The van der Waals surface area contributed by atoms with Gasteiger partial charge in [0.2, 0.25) is 0 Å². The number of hydrazine groups is 1. The second kappa shape index (κ2) is 4.50. The molecule has 0 bridgehead atoms. The van der Waals surface area contributed by atoms with Crippen LogP contribution >= 0.6 is 0 Å². The van der Waals surface area contributed by atoms with Crippen LogP contribution in [-0.4, -0.2) is 13.1 Å². The molecule has 2 aromatic rings. The molecule has 0 spiro atoms. The minimum atomic E-state index is 1.10. The third-order valence-corrected chi connectivity index (χ3v) is 3.14. The van der Waals surface area contributed by atoms with Gasteiger partial charge in [-0.3, -0.25) is 10.0 Å². The highest BCUT2D eigenvalue weighted by Gasteiger charge is 2.21. The van der Waals surface area contributed by atoms with Gasteiger partial charge in [-0.15, -0.1) is 0 Å². The Labute approximate surface area is 102 Å². The summed E-state index contributed by atoms with van der Waals surface area (Å²) in [5.41, 5.74) is 2.54. The van der Waals surface area contributed by atoms with E-state index in [1.54, 1.807) is 0 Å². The Hall–Kier alpha value is -1.96. The normalized spacial score (nSPS) is 15.3. The second-order valence-electron chi connectivity index (χ2n) is 4.27. The van der Waals surface area contributed by atoms with E-state index in [1.807, 2.05) is 0 Å². The molecule has 1 heterocycles. The zero-order valence-electron chi connectivity index (χ0n) is 9.79. The van der Waals surface area contributed by atoms with E-state index in [0.717, 1.165) is 13.1 Å². The van der Waals surface area contributed by atoms with Crippen LogP contribution in [-0.2, 0) is 0 Å². The van der Waals surface area contributed by atoms with Crippen LogP contribution in [0.2, 0.25) is 0 Å². The number of hydrogen-bond donors (Lipinski definition) is 0. The summed E-state index contributed by atoms with van der Waals surface area (Å²) in [5, 5.41) is 4.71. The molecule has 1 saturated heterocycles. The molecule has 86 valence electrons. The van der Waals surface area contributed by atoms with Gasteiger partial charge in [-0.1, -0.05) is 36.4 Å². The lowest BCUT2D eigenvalue weighted by Crippen LogP contribution is -2.36. The molecular weight excluding hydrogens is 208 g/mol. The second-order valence-corrected chi connectivity index (χ2v) is 4.27. The van der Waals surface area contributed by atoms with Gasteiger partial charge in [-0.05, 0) is 30.7 Å². The molecular formula is C15H16N2. The van der Waals surface area contributed by atoms with Gasteiger partial charge in [0.25, 0.3) is 0 Å². The largest absolute Gasteiger partial charge is 0.285 e. The summed E-state index contributed by atoms with van der Waals surface area (Å²) >= 11 is 0. The van der Waals surface area contributed by atoms with Crippen molar-refractivity contribution in [3.8, 4) is 0 Å². The number of nitrogens with zero attached hydrogens (tertiary/aromatic N) is 2. The van der Waals surface area contributed by atoms with Crippen molar-refractivity contribution in [3.63, 3.8) is 0 Å². The highest BCUT2D eigenvalue weighted by molar-refractivity contribution is 5.58. The Balaban J connectivity index is 1.91. The standard InChI is InChI=1S/C15H16N2/c1-3-8-14(9-4-1)16-12-7-13-17(16)15-10-5-2-6-11-15/h1-6,8-11H,7,12-13H2. The van der Waals surface area contributed by atoms with Crippen molar-refractivity contribution in [1.82, 2.24) is 0 Å². The SMILES string of the molecule is c1ccc(N2CCCN2c2ccccc2)cc1. The lowest BCUT2D eigenvalue weighted by molar-refractivity contribution is 0.891. The van der Waals surface area contributed by atoms with Crippen LogP contribution < -0.4 is 10.0 Å². The lowest BCUT2D eigenvalue weighted by Gasteiger charge is -2.31. The molecule has 0 saturated carbocycles. The predicted octanol–water partition coefficient (Wildman–Crippen LogP) is 3.32. The van der Waals surface area contributed by atoms with Crippen LogP contribution in [0, 0.1) is 0 Å². The molecule has 0 aliphatic carbocycles. The molecule has 0 N–H and O–H groups in total. The van der Waals surface area contributed by atoms with Gasteiger partial charge in [0.1, 0.15) is 0 Å². The summed E-state index contributed by atoms with van der Waals surface area (Å²) in [6.07, 6.45) is 1.21. The van der Waals surface area contributed by atoms with E-state index < -0.39 is 0 Å². The van der Waals surface area contributed by atoms with E-state index in [0.29, 0.717) is 0 Å². The number of anilines is 2. The van der Waals surface area contributed by atoms with Gasteiger partial charge in [0.05, 0.1) is 11.4 Å². The Kier molecular flexibility index (Phi) is 2.70. The Morgan fingerprint density at radius 1 is 0.588 bits per heavy atom. The smallest absolute Gasteiger partial charge is 0.0574 e. The van der Waals surface area contributed by atoms with Crippen molar-refractivity contribution < 1.29 is 0 Å². The molecule has 2 nitrogen and oxygen atoms in total. The molecule has 1 fully saturated rings. The fourth-order valence-corrected chi connectivity index (χ4v) is 2.35. The zero-order valence-corrected chi connectivity index (χ0v) is 9.79. The van der Waals surface area contributed by atoms with Gasteiger partial charge in [0, 0.05) is 13.1 Å². The Bertz CT molecular complexity index is 421. The van der Waals surface area contributed by atoms with Crippen LogP contribution in [0.1, 0.15) is 6.42 Å². The topological polar surface area (TPSA) is 6.48 Å². The van der Waals surface area contributed by atoms with Crippen LogP contribution in [0.3, 0.4) is 0 Å². The Morgan fingerprint density at radius 2 is 1.00 bits per heavy atom. The van der Waals surface area contributed by atoms with Gasteiger partial charge in [0.15, 0.2) is 0 Å². The number of hydrogen-bond acceptors (Lipinski definition) is 2. The maximum Gasteiger partial charge on any atom is 0.0574 e. The highest BCUT2D eigenvalue weighted by atomic mass is 15.6. The first kappa shape index (κ1) is 10.2. The number of rotatable bonds is 2. The molecule has 0 radical (unpaired) electrons. The summed E-state index contributed by atoms with van der Waals surface area (Å²) in [6.45, 7) is 2.19. The molecule has 0 aromatic heterocycles. The lowest BCUT2D eigenvalue weighted by atomic mass is 10.3. The first-order chi connectivity index (χ1) is 8.45. The van der Waals surface area contributed by atoms with E-state index in [1.165, 1.54) is 17.8 Å². The number of para-hydroxylation sites is 2. The van der Waals surface area contributed by atoms with E-state index in [-0.39, 0.29) is 0 Å². The molecule has 0 atom stereocenters.